The molecule has 1 aliphatic rings. The Kier molecular flexibility index (Phi) is 5.51. The first-order valence-electron chi connectivity index (χ1n) is 6.56. The zero-order chi connectivity index (χ0) is 15.3. The summed E-state index contributed by atoms with van der Waals surface area (Å²) in [5.41, 5.74) is -0.985. The molecule has 0 unspecified atom stereocenters. The van der Waals surface area contributed by atoms with Gasteiger partial charge in [0.15, 0.2) is 0 Å². The summed E-state index contributed by atoms with van der Waals surface area (Å²) in [5, 5.41) is 2.30. The van der Waals surface area contributed by atoms with Crippen LogP contribution in [-0.2, 0) is 15.7 Å². The molecule has 0 aromatic carbocycles. The number of thioether (sulfide) groups is 1. The number of alkyl halides is 3. The molecular formula is C12H16F3N3O2S. The molecule has 0 radical (unpaired) electrons. The summed E-state index contributed by atoms with van der Waals surface area (Å²) in [7, 11) is 0. The summed E-state index contributed by atoms with van der Waals surface area (Å²) in [6.45, 7) is 0.754. The van der Waals surface area contributed by atoms with Gasteiger partial charge in [-0.2, -0.15) is 13.2 Å². The van der Waals surface area contributed by atoms with E-state index in [2.05, 4.69) is 10.3 Å². The molecule has 1 aromatic rings. The molecule has 2 N–H and O–H groups in total. The number of ether oxygens (including phenoxy) is 1. The number of nitrogens with one attached hydrogen (secondary N) is 2. The second-order valence-corrected chi connectivity index (χ2v) is 5.73. The van der Waals surface area contributed by atoms with Gasteiger partial charge >= 0.3 is 6.18 Å². The third kappa shape index (κ3) is 5.24. The third-order valence-corrected chi connectivity index (χ3v) is 4.02. The fraction of sp³-hybridized carbons (Fsp3) is 0.667. The molecule has 2 heterocycles. The van der Waals surface area contributed by atoms with E-state index in [4.69, 9.17) is 4.74 Å². The summed E-state index contributed by atoms with van der Waals surface area (Å²) in [4.78, 5) is 17.1. The number of amides is 1. The quantitative estimate of drug-likeness (QED) is 0.874. The number of hydrogen-bond acceptors (Lipinski definition) is 4. The van der Waals surface area contributed by atoms with E-state index in [1.165, 1.54) is 11.8 Å². The number of imidazole rings is 1. The Morgan fingerprint density at radius 2 is 2.33 bits per heavy atom. The molecule has 0 saturated carbocycles. The molecule has 5 nitrogen and oxygen atoms in total. The number of nitrogens with zero attached hydrogens (tertiary/aromatic N) is 1. The third-order valence-electron chi connectivity index (χ3n) is 2.95. The highest BCUT2D eigenvalue weighted by Crippen LogP contribution is 2.28. The largest absolute Gasteiger partial charge is 0.432 e. The number of hydrogen-bond donors (Lipinski definition) is 2. The molecule has 2 rings (SSSR count). The fourth-order valence-electron chi connectivity index (χ4n) is 1.92. The van der Waals surface area contributed by atoms with E-state index in [-0.39, 0.29) is 23.7 Å². The Bertz CT molecular complexity index is 473. The highest BCUT2D eigenvalue weighted by molar-refractivity contribution is 8.00. The molecule has 118 valence electrons. The molecule has 1 amide bonds. The van der Waals surface area contributed by atoms with E-state index in [1.807, 2.05) is 4.98 Å². The molecule has 0 spiro atoms. The number of H-pyrrole nitrogens is 1. The predicted molar refractivity (Wildman–Crippen MR) is 73.1 cm³/mol. The maximum Gasteiger partial charge on any atom is 0.432 e. The average Bonchev–Trinajstić information content (AvgIpc) is 2.88. The number of halogens is 3. The first-order chi connectivity index (χ1) is 9.95. The summed E-state index contributed by atoms with van der Waals surface area (Å²) in [5.74, 6) is 0.280. The van der Waals surface area contributed by atoms with Gasteiger partial charge in [0.25, 0.3) is 0 Å². The second-order valence-electron chi connectivity index (χ2n) is 4.70. The monoisotopic (exact) mass is 323 g/mol. The van der Waals surface area contributed by atoms with E-state index in [0.29, 0.717) is 11.9 Å². The van der Waals surface area contributed by atoms with Gasteiger partial charge in [0.2, 0.25) is 11.9 Å². The zero-order valence-corrected chi connectivity index (χ0v) is 12.0. The van der Waals surface area contributed by atoms with Crippen LogP contribution in [0.5, 0.6) is 0 Å². The lowest BCUT2D eigenvalue weighted by Crippen LogP contribution is -2.23. The summed E-state index contributed by atoms with van der Waals surface area (Å²) < 4.78 is 42.6. The molecule has 1 atom stereocenters. The van der Waals surface area contributed by atoms with Gasteiger partial charge in [-0.05, 0) is 19.3 Å². The van der Waals surface area contributed by atoms with Crippen LogP contribution >= 0.6 is 11.8 Å². The van der Waals surface area contributed by atoms with Crippen molar-refractivity contribution in [1.82, 2.24) is 9.97 Å². The van der Waals surface area contributed by atoms with Crippen LogP contribution in [-0.4, -0.2) is 40.1 Å². The predicted octanol–water partition coefficient (Wildman–Crippen LogP) is 2.67. The molecular weight excluding hydrogens is 307 g/mol. The van der Waals surface area contributed by atoms with Crippen LogP contribution in [0.2, 0.25) is 0 Å². The SMILES string of the molecule is O=C(CSC[C@H]1CCCCO1)Nc1ncc(C(F)(F)F)[nH]1. The number of carbonyl (C=O) groups excluding carboxylic acids is 1. The van der Waals surface area contributed by atoms with Crippen LogP contribution in [0.25, 0.3) is 0 Å². The van der Waals surface area contributed by atoms with Crippen molar-refractivity contribution in [1.29, 1.82) is 0 Å². The Morgan fingerprint density at radius 3 is 2.95 bits per heavy atom. The van der Waals surface area contributed by atoms with Crippen LogP contribution in [0.15, 0.2) is 6.20 Å². The number of aromatic nitrogens is 2. The van der Waals surface area contributed by atoms with Gasteiger partial charge in [-0.1, -0.05) is 0 Å². The van der Waals surface area contributed by atoms with E-state index in [1.54, 1.807) is 0 Å². The minimum atomic E-state index is -4.50. The summed E-state index contributed by atoms with van der Waals surface area (Å²) in [6, 6.07) is 0. The molecule has 1 saturated heterocycles. The molecule has 9 heteroatoms. The summed E-state index contributed by atoms with van der Waals surface area (Å²) >= 11 is 1.40. The number of rotatable bonds is 5. The van der Waals surface area contributed by atoms with Crippen LogP contribution in [0.1, 0.15) is 25.0 Å². The van der Waals surface area contributed by atoms with Crippen molar-refractivity contribution in [3.8, 4) is 0 Å². The van der Waals surface area contributed by atoms with Gasteiger partial charge in [0.1, 0.15) is 5.69 Å². The Hall–Kier alpha value is -1.22. The number of aromatic amines is 1. The van der Waals surface area contributed by atoms with Gasteiger partial charge in [0.05, 0.1) is 18.1 Å². The van der Waals surface area contributed by atoms with Crippen LogP contribution in [0.4, 0.5) is 19.1 Å². The smallest absolute Gasteiger partial charge is 0.377 e. The molecule has 1 fully saturated rings. The van der Waals surface area contributed by atoms with Gasteiger partial charge in [0, 0.05) is 12.4 Å². The molecule has 1 aliphatic heterocycles. The normalized spacial score (nSPS) is 19.5. The van der Waals surface area contributed by atoms with Crippen molar-refractivity contribution in [2.75, 3.05) is 23.4 Å². The molecule has 21 heavy (non-hydrogen) atoms. The van der Waals surface area contributed by atoms with Crippen molar-refractivity contribution in [3.05, 3.63) is 11.9 Å². The molecule has 1 aromatic heterocycles. The minimum absolute atomic E-state index is 0.155. The van der Waals surface area contributed by atoms with Gasteiger partial charge < -0.3 is 9.72 Å². The van der Waals surface area contributed by atoms with Crippen molar-refractivity contribution >= 4 is 23.6 Å². The van der Waals surface area contributed by atoms with Gasteiger partial charge in [-0.15, -0.1) is 11.8 Å². The van der Waals surface area contributed by atoms with E-state index in [0.717, 1.165) is 25.9 Å². The maximum atomic E-state index is 12.3. The zero-order valence-electron chi connectivity index (χ0n) is 11.2. The highest BCUT2D eigenvalue weighted by atomic mass is 32.2. The standard InChI is InChI=1S/C12H16F3N3O2S/c13-12(14,15)9-5-16-11(17-9)18-10(19)7-21-6-8-3-1-2-4-20-8/h5,8H,1-4,6-7H2,(H2,16,17,18,19)/t8-/m1/s1. The van der Waals surface area contributed by atoms with Crippen molar-refractivity contribution in [3.63, 3.8) is 0 Å². The number of anilines is 1. The van der Waals surface area contributed by atoms with Gasteiger partial charge in [-0.3, -0.25) is 10.1 Å². The lowest BCUT2D eigenvalue weighted by Gasteiger charge is -2.21. The lowest BCUT2D eigenvalue weighted by molar-refractivity contribution is -0.140. The first kappa shape index (κ1) is 16.2. The van der Waals surface area contributed by atoms with Gasteiger partial charge in [-0.25, -0.2) is 4.98 Å². The molecule has 0 bridgehead atoms. The van der Waals surface area contributed by atoms with E-state index >= 15 is 0 Å². The van der Waals surface area contributed by atoms with Crippen molar-refractivity contribution < 1.29 is 22.7 Å². The van der Waals surface area contributed by atoms with Crippen LogP contribution in [0.3, 0.4) is 0 Å². The van der Waals surface area contributed by atoms with Crippen molar-refractivity contribution in [2.45, 2.75) is 31.5 Å². The fourth-order valence-corrected chi connectivity index (χ4v) is 2.82. The van der Waals surface area contributed by atoms with Crippen molar-refractivity contribution in [2.24, 2.45) is 0 Å². The Balaban J connectivity index is 1.70. The number of carbonyl (C=O) groups is 1. The lowest BCUT2D eigenvalue weighted by atomic mass is 10.1. The van der Waals surface area contributed by atoms with Crippen LogP contribution < -0.4 is 5.32 Å². The first-order valence-corrected chi connectivity index (χ1v) is 7.72. The topological polar surface area (TPSA) is 67.0 Å². The average molecular weight is 323 g/mol. The second kappa shape index (κ2) is 7.17. The highest BCUT2D eigenvalue weighted by Gasteiger charge is 2.33. The minimum Gasteiger partial charge on any atom is -0.377 e. The summed E-state index contributed by atoms with van der Waals surface area (Å²) in [6.07, 6.45) is -0.494. The van der Waals surface area contributed by atoms with E-state index < -0.39 is 11.9 Å². The maximum absolute atomic E-state index is 12.3. The van der Waals surface area contributed by atoms with Crippen LogP contribution in [0, 0.1) is 0 Å². The Morgan fingerprint density at radius 1 is 1.52 bits per heavy atom. The molecule has 0 aliphatic carbocycles. The van der Waals surface area contributed by atoms with E-state index in [9.17, 15) is 18.0 Å². The Labute approximate surface area is 124 Å².